The third kappa shape index (κ3) is 3.91. The molecule has 0 fully saturated rings. The predicted molar refractivity (Wildman–Crippen MR) is 136 cm³/mol. The molecule has 1 N–H and O–H groups in total. The number of fused-ring (bicyclic) bond motifs is 4. The van der Waals surface area contributed by atoms with Crippen LogP contribution in [0.15, 0.2) is 60.8 Å². The first kappa shape index (κ1) is 24.1. The summed E-state index contributed by atoms with van der Waals surface area (Å²) in [5.74, 6) is -0.577. The minimum atomic E-state index is -4.81. The minimum Gasteiger partial charge on any atom is -0.331 e. The van der Waals surface area contributed by atoms with Gasteiger partial charge in [-0.25, -0.2) is 14.4 Å². The van der Waals surface area contributed by atoms with Crippen LogP contribution in [0.3, 0.4) is 0 Å². The second-order valence-corrected chi connectivity index (χ2v) is 10.2. The summed E-state index contributed by atoms with van der Waals surface area (Å²) >= 11 is 0. The Labute approximate surface area is 214 Å². The molecular formula is C28H23F4N5O. The molecule has 0 saturated heterocycles. The van der Waals surface area contributed by atoms with E-state index in [1.165, 1.54) is 47.2 Å². The van der Waals surface area contributed by atoms with E-state index in [1.54, 1.807) is 18.2 Å². The number of carbonyl (C=O) groups excluding carboxylic acids is 1. The maximum Gasteiger partial charge on any atom is 0.419 e. The number of benzene rings is 2. The van der Waals surface area contributed by atoms with Gasteiger partial charge in [0.1, 0.15) is 22.9 Å². The number of aromatic nitrogens is 4. The van der Waals surface area contributed by atoms with Crippen LogP contribution >= 0.6 is 0 Å². The topological polar surface area (TPSA) is 64.7 Å². The highest BCUT2D eigenvalue weighted by molar-refractivity contribution is 6.09. The van der Waals surface area contributed by atoms with Crippen molar-refractivity contribution >= 4 is 33.7 Å². The first-order valence-electron chi connectivity index (χ1n) is 12.1. The van der Waals surface area contributed by atoms with Gasteiger partial charge in [0, 0.05) is 29.4 Å². The van der Waals surface area contributed by atoms with Crippen molar-refractivity contribution in [1.82, 2.24) is 19.1 Å². The average molecular weight is 522 g/mol. The van der Waals surface area contributed by atoms with Crippen LogP contribution in [0.1, 0.15) is 47.7 Å². The highest BCUT2D eigenvalue weighted by atomic mass is 19.4. The molecule has 0 unspecified atom stereocenters. The average Bonchev–Trinajstić information content (AvgIpc) is 3.48. The van der Waals surface area contributed by atoms with Gasteiger partial charge < -0.3 is 14.5 Å². The van der Waals surface area contributed by atoms with Gasteiger partial charge in [0.25, 0.3) is 5.91 Å². The van der Waals surface area contributed by atoms with E-state index >= 15 is 0 Å². The van der Waals surface area contributed by atoms with Crippen molar-refractivity contribution in [3.8, 4) is 0 Å². The number of nitrogens with zero attached hydrogens (tertiary/aromatic N) is 4. The van der Waals surface area contributed by atoms with Gasteiger partial charge in [0.05, 0.1) is 17.4 Å². The van der Waals surface area contributed by atoms with Crippen LogP contribution in [0.5, 0.6) is 0 Å². The normalized spacial score (nSPS) is 14.8. The SMILES string of the molecule is CC1(C)CCn2c1nc1cc(NC(=O)c3c(C(F)(F)F)c4ccccc4n3Cc3cccc(F)c3)cnc12. The molecule has 1 aliphatic heterocycles. The Morgan fingerprint density at radius 2 is 1.89 bits per heavy atom. The molecule has 1 amide bonds. The molecule has 10 heteroatoms. The number of nitrogens with one attached hydrogen (secondary N) is 1. The molecule has 0 radical (unpaired) electrons. The number of hydrogen-bond donors (Lipinski definition) is 1. The lowest BCUT2D eigenvalue weighted by Gasteiger charge is -2.14. The van der Waals surface area contributed by atoms with Crippen LogP contribution in [0.2, 0.25) is 0 Å². The number of imidazole rings is 1. The Bertz CT molecular complexity index is 1730. The lowest BCUT2D eigenvalue weighted by molar-refractivity contribution is -0.136. The van der Waals surface area contributed by atoms with Gasteiger partial charge in [-0.1, -0.05) is 44.2 Å². The lowest BCUT2D eigenvalue weighted by atomic mass is 9.91. The Balaban J connectivity index is 1.45. The van der Waals surface area contributed by atoms with Gasteiger partial charge in [-0.05, 0) is 36.2 Å². The van der Waals surface area contributed by atoms with E-state index in [0.717, 1.165) is 18.8 Å². The second-order valence-electron chi connectivity index (χ2n) is 10.2. The molecule has 0 atom stereocenters. The number of anilines is 1. The smallest absolute Gasteiger partial charge is 0.331 e. The van der Waals surface area contributed by atoms with Gasteiger partial charge in [-0.3, -0.25) is 4.79 Å². The second kappa shape index (κ2) is 8.41. The molecule has 0 aliphatic carbocycles. The van der Waals surface area contributed by atoms with Crippen LogP contribution in [-0.4, -0.2) is 25.0 Å². The standard InChI is InChI=1S/C28H23F4N5O/c1-27(2)10-11-36-24-20(35-26(27)36)13-18(14-33-24)34-25(38)23-22(28(30,31)32)19-8-3-4-9-21(19)37(23)15-16-6-5-7-17(29)12-16/h3-9,12-14H,10-11,15H2,1-2H3,(H,34,38). The minimum absolute atomic E-state index is 0.108. The summed E-state index contributed by atoms with van der Waals surface area (Å²) in [5.41, 5.74) is 0.371. The molecule has 6 rings (SSSR count). The zero-order valence-electron chi connectivity index (χ0n) is 20.6. The third-order valence-corrected chi connectivity index (χ3v) is 7.11. The van der Waals surface area contributed by atoms with Crippen LogP contribution in [0.4, 0.5) is 23.2 Å². The number of pyridine rings is 1. The maximum absolute atomic E-state index is 14.4. The fourth-order valence-electron chi connectivity index (χ4n) is 5.31. The summed E-state index contributed by atoms with van der Waals surface area (Å²) in [6, 6.07) is 13.1. The van der Waals surface area contributed by atoms with Crippen molar-refractivity contribution in [2.24, 2.45) is 0 Å². The van der Waals surface area contributed by atoms with E-state index in [-0.39, 0.29) is 28.6 Å². The molecule has 5 aromatic rings. The Morgan fingerprint density at radius 3 is 2.66 bits per heavy atom. The van der Waals surface area contributed by atoms with Crippen molar-refractivity contribution in [2.75, 3.05) is 5.32 Å². The Hall–Kier alpha value is -4.21. The quantitative estimate of drug-likeness (QED) is 0.274. The fraction of sp³-hybridized carbons (Fsp3) is 0.250. The largest absolute Gasteiger partial charge is 0.419 e. The molecule has 0 bridgehead atoms. The first-order chi connectivity index (χ1) is 18.0. The molecule has 0 spiro atoms. The summed E-state index contributed by atoms with van der Waals surface area (Å²) < 4.78 is 60.4. The number of rotatable bonds is 4. The van der Waals surface area contributed by atoms with Crippen molar-refractivity contribution in [3.63, 3.8) is 0 Å². The number of hydrogen-bond acceptors (Lipinski definition) is 3. The molecule has 6 nitrogen and oxygen atoms in total. The van der Waals surface area contributed by atoms with Crippen LogP contribution in [0.25, 0.3) is 22.1 Å². The number of amides is 1. The predicted octanol–water partition coefficient (Wildman–Crippen LogP) is 6.53. The van der Waals surface area contributed by atoms with Gasteiger partial charge in [-0.15, -0.1) is 0 Å². The highest BCUT2D eigenvalue weighted by Crippen LogP contribution is 2.40. The summed E-state index contributed by atoms with van der Waals surface area (Å²) in [4.78, 5) is 22.7. The molecule has 38 heavy (non-hydrogen) atoms. The molecule has 3 aromatic heterocycles. The number of carbonyl (C=O) groups is 1. The van der Waals surface area contributed by atoms with E-state index in [4.69, 9.17) is 0 Å². The summed E-state index contributed by atoms with van der Waals surface area (Å²) in [5, 5.41) is 2.49. The number of aryl methyl sites for hydroxylation is 1. The Morgan fingerprint density at radius 1 is 1.11 bits per heavy atom. The van der Waals surface area contributed by atoms with Crippen LogP contribution in [0, 0.1) is 5.82 Å². The van der Waals surface area contributed by atoms with Gasteiger partial charge in [-0.2, -0.15) is 13.2 Å². The van der Waals surface area contributed by atoms with Crippen molar-refractivity contribution in [2.45, 2.75) is 44.9 Å². The monoisotopic (exact) mass is 521 g/mol. The van der Waals surface area contributed by atoms with Gasteiger partial charge in [0.15, 0.2) is 5.65 Å². The number of halogens is 4. The van der Waals surface area contributed by atoms with Crippen molar-refractivity contribution in [3.05, 3.63) is 89.3 Å². The first-order valence-corrected chi connectivity index (χ1v) is 12.1. The third-order valence-electron chi connectivity index (χ3n) is 7.11. The molecule has 0 saturated carbocycles. The summed E-state index contributed by atoms with van der Waals surface area (Å²) in [6.45, 7) is 4.83. The number of para-hydroxylation sites is 1. The molecule has 2 aromatic carbocycles. The maximum atomic E-state index is 14.4. The number of alkyl halides is 3. The zero-order valence-corrected chi connectivity index (χ0v) is 20.6. The van der Waals surface area contributed by atoms with E-state index in [0.29, 0.717) is 16.7 Å². The van der Waals surface area contributed by atoms with Gasteiger partial charge in [0.2, 0.25) is 0 Å². The van der Waals surface area contributed by atoms with Crippen LogP contribution < -0.4 is 5.32 Å². The fourth-order valence-corrected chi connectivity index (χ4v) is 5.31. The summed E-state index contributed by atoms with van der Waals surface area (Å²) in [7, 11) is 0. The van der Waals surface area contributed by atoms with Crippen LogP contribution in [-0.2, 0) is 24.7 Å². The molecule has 1 aliphatic rings. The van der Waals surface area contributed by atoms with E-state index in [2.05, 4.69) is 29.1 Å². The lowest BCUT2D eigenvalue weighted by Crippen LogP contribution is -2.22. The Kier molecular flexibility index (Phi) is 5.34. The highest BCUT2D eigenvalue weighted by Gasteiger charge is 2.41. The van der Waals surface area contributed by atoms with E-state index in [9.17, 15) is 22.4 Å². The molecule has 194 valence electrons. The molecule has 4 heterocycles. The van der Waals surface area contributed by atoms with Crippen molar-refractivity contribution in [1.29, 1.82) is 0 Å². The molecular weight excluding hydrogens is 498 g/mol. The van der Waals surface area contributed by atoms with Gasteiger partial charge >= 0.3 is 6.18 Å². The zero-order chi connectivity index (χ0) is 26.8. The van der Waals surface area contributed by atoms with Crippen molar-refractivity contribution < 1.29 is 22.4 Å². The van der Waals surface area contributed by atoms with E-state index in [1.807, 2.05) is 4.57 Å². The summed E-state index contributed by atoms with van der Waals surface area (Å²) in [6.07, 6.45) is -2.45. The van der Waals surface area contributed by atoms with E-state index < -0.39 is 29.2 Å².